The molecule has 8 nitrogen and oxygen atoms in total. The summed E-state index contributed by atoms with van der Waals surface area (Å²) in [6.07, 6.45) is 1.44. The Bertz CT molecular complexity index is 1180. The molecule has 0 spiro atoms. The van der Waals surface area contributed by atoms with Crippen LogP contribution in [-0.2, 0) is 15.6 Å². The molecule has 0 radical (unpaired) electrons. The molecule has 0 bridgehead atoms. The minimum Gasteiger partial charge on any atom is -0.459 e. The van der Waals surface area contributed by atoms with Gasteiger partial charge in [-0.25, -0.2) is 8.42 Å². The number of carbonyl (C=O) groups excluding carboxylic acids is 2. The van der Waals surface area contributed by atoms with Gasteiger partial charge in [0.2, 0.25) is 0 Å². The van der Waals surface area contributed by atoms with Crippen LogP contribution in [0.15, 0.2) is 73.0 Å². The SMILES string of the molecule is O=C(c1ccco1)N1CCN(C(=O)c2ccc(CS(=O)(=O)c3ccc(Br)cc3)o2)CC1. The monoisotopic (exact) mass is 506 g/mol. The lowest BCUT2D eigenvalue weighted by Gasteiger charge is -2.33. The van der Waals surface area contributed by atoms with Crippen LogP contribution in [0.5, 0.6) is 0 Å². The highest BCUT2D eigenvalue weighted by atomic mass is 79.9. The number of hydrogen-bond donors (Lipinski definition) is 0. The lowest BCUT2D eigenvalue weighted by molar-refractivity contribution is 0.0501. The van der Waals surface area contributed by atoms with Gasteiger partial charge in [0.1, 0.15) is 11.5 Å². The average Bonchev–Trinajstić information content (AvgIpc) is 3.45. The second-order valence-electron chi connectivity index (χ2n) is 7.04. The van der Waals surface area contributed by atoms with Crippen LogP contribution in [0.2, 0.25) is 0 Å². The third-order valence-electron chi connectivity index (χ3n) is 4.96. The van der Waals surface area contributed by atoms with Gasteiger partial charge in [-0.05, 0) is 48.5 Å². The summed E-state index contributed by atoms with van der Waals surface area (Å²) in [5.41, 5.74) is 0. The maximum atomic E-state index is 12.7. The van der Waals surface area contributed by atoms with E-state index in [2.05, 4.69) is 15.9 Å². The summed E-state index contributed by atoms with van der Waals surface area (Å²) >= 11 is 3.28. The Balaban J connectivity index is 1.37. The Hall–Kier alpha value is -2.85. The quantitative estimate of drug-likeness (QED) is 0.526. The first-order chi connectivity index (χ1) is 14.8. The molecule has 4 rings (SSSR count). The molecule has 10 heteroatoms. The van der Waals surface area contributed by atoms with Gasteiger partial charge < -0.3 is 18.6 Å². The molecule has 1 aliphatic rings. The van der Waals surface area contributed by atoms with Crippen molar-refractivity contribution in [3.63, 3.8) is 0 Å². The number of piperazine rings is 1. The number of sulfone groups is 1. The van der Waals surface area contributed by atoms with Gasteiger partial charge in [0.15, 0.2) is 21.4 Å². The smallest absolute Gasteiger partial charge is 0.289 e. The molecule has 1 aliphatic heterocycles. The van der Waals surface area contributed by atoms with E-state index < -0.39 is 9.84 Å². The number of halogens is 1. The number of rotatable bonds is 5. The molecule has 0 aliphatic carbocycles. The van der Waals surface area contributed by atoms with Crippen molar-refractivity contribution in [2.45, 2.75) is 10.6 Å². The lowest BCUT2D eigenvalue weighted by atomic mass is 10.2. The molecule has 2 aromatic heterocycles. The largest absolute Gasteiger partial charge is 0.459 e. The van der Waals surface area contributed by atoms with E-state index in [9.17, 15) is 18.0 Å². The van der Waals surface area contributed by atoms with Crippen molar-refractivity contribution in [3.05, 3.63) is 76.5 Å². The first-order valence-electron chi connectivity index (χ1n) is 9.52. The van der Waals surface area contributed by atoms with Crippen molar-refractivity contribution in [1.29, 1.82) is 0 Å². The van der Waals surface area contributed by atoms with Crippen LogP contribution in [0.25, 0.3) is 0 Å². The molecule has 162 valence electrons. The van der Waals surface area contributed by atoms with E-state index >= 15 is 0 Å². The van der Waals surface area contributed by atoms with Crippen LogP contribution in [0, 0.1) is 0 Å². The number of amides is 2. The van der Waals surface area contributed by atoms with E-state index in [1.165, 1.54) is 30.5 Å². The number of benzene rings is 1. The minimum absolute atomic E-state index is 0.0758. The number of furan rings is 2. The molecular formula is C21H19BrN2O6S. The summed E-state index contributed by atoms with van der Waals surface area (Å²) in [5, 5.41) is 0. The highest BCUT2D eigenvalue weighted by Gasteiger charge is 2.28. The summed E-state index contributed by atoms with van der Waals surface area (Å²) in [7, 11) is -3.60. The summed E-state index contributed by atoms with van der Waals surface area (Å²) < 4.78 is 36.6. The Labute approximate surface area is 187 Å². The number of hydrogen-bond acceptors (Lipinski definition) is 6. The number of carbonyl (C=O) groups is 2. The second-order valence-corrected chi connectivity index (χ2v) is 9.95. The normalized spacial score (nSPS) is 14.6. The third kappa shape index (κ3) is 4.75. The van der Waals surface area contributed by atoms with Crippen LogP contribution in [-0.4, -0.2) is 56.2 Å². The fraction of sp³-hybridized carbons (Fsp3) is 0.238. The zero-order chi connectivity index (χ0) is 22.0. The Morgan fingerprint density at radius 2 is 1.48 bits per heavy atom. The molecule has 3 heterocycles. The van der Waals surface area contributed by atoms with Gasteiger partial charge in [-0.2, -0.15) is 0 Å². The van der Waals surface area contributed by atoms with Crippen LogP contribution in [0.4, 0.5) is 0 Å². The second kappa shape index (κ2) is 8.72. The average molecular weight is 507 g/mol. The van der Waals surface area contributed by atoms with Gasteiger partial charge in [-0.3, -0.25) is 9.59 Å². The first kappa shape index (κ1) is 21.4. The van der Waals surface area contributed by atoms with E-state index in [-0.39, 0.29) is 39.7 Å². The molecule has 31 heavy (non-hydrogen) atoms. The predicted octanol–water partition coefficient (Wildman–Crippen LogP) is 3.21. The van der Waals surface area contributed by atoms with Gasteiger partial charge in [-0.15, -0.1) is 0 Å². The number of nitrogens with zero attached hydrogens (tertiary/aromatic N) is 2. The van der Waals surface area contributed by atoms with Gasteiger partial charge in [0.05, 0.1) is 11.2 Å². The molecular weight excluding hydrogens is 488 g/mol. The lowest BCUT2D eigenvalue weighted by Crippen LogP contribution is -2.50. The highest BCUT2D eigenvalue weighted by molar-refractivity contribution is 9.10. The molecule has 0 saturated carbocycles. The summed E-state index contributed by atoms with van der Waals surface area (Å²) in [5.74, 6) is -0.354. The first-order valence-corrected chi connectivity index (χ1v) is 12.0. The topological polar surface area (TPSA) is 101 Å². The Morgan fingerprint density at radius 1 is 0.871 bits per heavy atom. The predicted molar refractivity (Wildman–Crippen MR) is 114 cm³/mol. The molecule has 1 aromatic carbocycles. The summed E-state index contributed by atoms with van der Waals surface area (Å²) in [6, 6.07) is 12.6. The van der Waals surface area contributed by atoms with Crippen molar-refractivity contribution < 1.29 is 26.8 Å². The maximum Gasteiger partial charge on any atom is 0.289 e. The van der Waals surface area contributed by atoms with Crippen LogP contribution in [0.3, 0.4) is 0 Å². The van der Waals surface area contributed by atoms with Crippen LogP contribution >= 0.6 is 15.9 Å². The van der Waals surface area contributed by atoms with E-state index in [4.69, 9.17) is 8.83 Å². The van der Waals surface area contributed by atoms with E-state index in [0.29, 0.717) is 26.2 Å². The van der Waals surface area contributed by atoms with Crippen molar-refractivity contribution in [2.24, 2.45) is 0 Å². The molecule has 0 atom stereocenters. The Morgan fingerprint density at radius 3 is 2.06 bits per heavy atom. The van der Waals surface area contributed by atoms with Gasteiger partial charge >= 0.3 is 0 Å². The zero-order valence-corrected chi connectivity index (χ0v) is 18.8. The van der Waals surface area contributed by atoms with Gasteiger partial charge in [0, 0.05) is 30.7 Å². The van der Waals surface area contributed by atoms with Crippen LogP contribution < -0.4 is 0 Å². The van der Waals surface area contributed by atoms with Crippen molar-refractivity contribution in [1.82, 2.24) is 9.80 Å². The van der Waals surface area contributed by atoms with E-state index in [0.717, 1.165) is 4.47 Å². The Kier molecular flexibility index (Phi) is 6.01. The van der Waals surface area contributed by atoms with Crippen molar-refractivity contribution >= 4 is 37.6 Å². The fourth-order valence-electron chi connectivity index (χ4n) is 3.31. The molecule has 1 saturated heterocycles. The highest BCUT2D eigenvalue weighted by Crippen LogP contribution is 2.21. The molecule has 3 aromatic rings. The zero-order valence-electron chi connectivity index (χ0n) is 16.4. The third-order valence-corrected chi connectivity index (χ3v) is 7.15. The van der Waals surface area contributed by atoms with E-state index in [1.54, 1.807) is 34.1 Å². The standard InChI is InChI=1S/C21H19BrN2O6S/c22-15-3-6-17(7-4-15)31(27,28)14-16-5-8-19(30-16)21(26)24-11-9-23(10-12-24)20(25)18-2-1-13-29-18/h1-8,13H,9-12,14H2. The molecule has 2 amide bonds. The molecule has 1 fully saturated rings. The molecule has 0 unspecified atom stereocenters. The minimum atomic E-state index is -3.60. The maximum absolute atomic E-state index is 12.7. The van der Waals surface area contributed by atoms with Gasteiger partial charge in [-0.1, -0.05) is 15.9 Å². The summed E-state index contributed by atoms with van der Waals surface area (Å²) in [4.78, 5) is 28.5. The summed E-state index contributed by atoms with van der Waals surface area (Å²) in [6.45, 7) is 1.44. The molecule has 0 N–H and O–H groups in total. The van der Waals surface area contributed by atoms with E-state index in [1.807, 2.05) is 0 Å². The van der Waals surface area contributed by atoms with Gasteiger partial charge in [0.25, 0.3) is 11.8 Å². The van der Waals surface area contributed by atoms with Crippen molar-refractivity contribution in [2.75, 3.05) is 26.2 Å². The fourth-order valence-corrected chi connectivity index (χ4v) is 4.82. The van der Waals surface area contributed by atoms with Crippen molar-refractivity contribution in [3.8, 4) is 0 Å². The van der Waals surface area contributed by atoms with Crippen LogP contribution in [0.1, 0.15) is 26.9 Å².